The Labute approximate surface area is 126 Å². The fraction of sp³-hybridized carbons (Fsp3) is 0.588. The molecule has 1 saturated carbocycles. The van der Waals surface area contributed by atoms with E-state index >= 15 is 0 Å². The molecular formula is C17H23N3O. The zero-order chi connectivity index (χ0) is 14.7. The van der Waals surface area contributed by atoms with E-state index in [4.69, 9.17) is 10.5 Å². The number of hydrogen-bond donors (Lipinski definition) is 1. The van der Waals surface area contributed by atoms with E-state index in [1.165, 1.54) is 5.56 Å². The highest BCUT2D eigenvalue weighted by molar-refractivity contribution is 5.33. The molecule has 4 heteroatoms. The van der Waals surface area contributed by atoms with Gasteiger partial charge in [0.05, 0.1) is 6.07 Å². The molecule has 0 radical (unpaired) electrons. The number of para-hydroxylation sites is 1. The summed E-state index contributed by atoms with van der Waals surface area (Å²) in [5.41, 5.74) is 6.88. The van der Waals surface area contributed by atoms with Crippen molar-refractivity contribution in [3.63, 3.8) is 0 Å². The molecule has 4 nitrogen and oxygen atoms in total. The Morgan fingerprint density at radius 1 is 1.43 bits per heavy atom. The normalized spacial score (nSPS) is 29.2. The van der Waals surface area contributed by atoms with E-state index < -0.39 is 5.54 Å². The molecule has 112 valence electrons. The van der Waals surface area contributed by atoms with Crippen molar-refractivity contribution < 1.29 is 4.74 Å². The van der Waals surface area contributed by atoms with Gasteiger partial charge in [-0.2, -0.15) is 5.26 Å². The molecule has 0 spiro atoms. The SMILES string of the molecule is N#CC1(N)CCCC1CCN1CCOc2ccccc2C1. The molecule has 2 unspecified atom stereocenters. The van der Waals surface area contributed by atoms with Gasteiger partial charge in [0.15, 0.2) is 0 Å². The number of ether oxygens (including phenoxy) is 1. The number of nitrogens with zero attached hydrogens (tertiary/aromatic N) is 2. The van der Waals surface area contributed by atoms with Crippen LogP contribution in [0.1, 0.15) is 31.2 Å². The number of nitrogens with two attached hydrogens (primary N) is 1. The van der Waals surface area contributed by atoms with E-state index in [2.05, 4.69) is 23.1 Å². The van der Waals surface area contributed by atoms with Crippen LogP contribution in [-0.2, 0) is 6.54 Å². The van der Waals surface area contributed by atoms with E-state index in [0.29, 0.717) is 5.92 Å². The minimum absolute atomic E-state index is 0.335. The van der Waals surface area contributed by atoms with E-state index in [1.54, 1.807) is 0 Å². The first-order valence-corrected chi connectivity index (χ1v) is 7.84. The van der Waals surface area contributed by atoms with Gasteiger partial charge in [0, 0.05) is 18.7 Å². The molecule has 1 aliphatic heterocycles. The van der Waals surface area contributed by atoms with Gasteiger partial charge in [-0.25, -0.2) is 0 Å². The van der Waals surface area contributed by atoms with Gasteiger partial charge >= 0.3 is 0 Å². The number of fused-ring (bicyclic) bond motifs is 1. The van der Waals surface area contributed by atoms with Crippen molar-refractivity contribution in [1.82, 2.24) is 4.90 Å². The van der Waals surface area contributed by atoms with Crippen LogP contribution in [0.5, 0.6) is 5.75 Å². The van der Waals surface area contributed by atoms with Crippen LogP contribution in [0, 0.1) is 17.2 Å². The summed E-state index contributed by atoms with van der Waals surface area (Å²) in [5, 5.41) is 9.30. The molecule has 0 amide bonds. The lowest BCUT2D eigenvalue weighted by Gasteiger charge is -2.27. The minimum Gasteiger partial charge on any atom is -0.492 e. The van der Waals surface area contributed by atoms with Crippen molar-refractivity contribution in [3.05, 3.63) is 29.8 Å². The first-order chi connectivity index (χ1) is 10.2. The van der Waals surface area contributed by atoms with Crippen molar-refractivity contribution in [3.8, 4) is 11.8 Å². The van der Waals surface area contributed by atoms with Crippen molar-refractivity contribution in [2.45, 2.75) is 37.8 Å². The monoisotopic (exact) mass is 285 g/mol. The van der Waals surface area contributed by atoms with Crippen LogP contribution in [0.4, 0.5) is 0 Å². The number of rotatable bonds is 3. The second-order valence-electron chi connectivity index (χ2n) is 6.26. The Morgan fingerprint density at radius 2 is 2.29 bits per heavy atom. The number of benzene rings is 1. The molecule has 3 rings (SSSR count). The molecule has 1 aromatic rings. The molecule has 0 aromatic heterocycles. The maximum atomic E-state index is 9.30. The molecule has 1 aliphatic carbocycles. The van der Waals surface area contributed by atoms with Gasteiger partial charge in [0.2, 0.25) is 0 Å². The van der Waals surface area contributed by atoms with Crippen LogP contribution in [0.2, 0.25) is 0 Å². The van der Waals surface area contributed by atoms with Crippen molar-refractivity contribution in [2.75, 3.05) is 19.7 Å². The highest BCUT2D eigenvalue weighted by Crippen LogP contribution is 2.36. The molecule has 1 aromatic carbocycles. The molecule has 1 heterocycles. The summed E-state index contributed by atoms with van der Waals surface area (Å²) in [6.45, 7) is 3.58. The van der Waals surface area contributed by atoms with Crippen molar-refractivity contribution in [2.24, 2.45) is 11.7 Å². The second kappa shape index (κ2) is 6.05. The van der Waals surface area contributed by atoms with Gasteiger partial charge < -0.3 is 10.5 Å². The van der Waals surface area contributed by atoms with Crippen LogP contribution < -0.4 is 10.5 Å². The third kappa shape index (κ3) is 3.04. The van der Waals surface area contributed by atoms with Gasteiger partial charge in [0.25, 0.3) is 0 Å². The predicted molar refractivity (Wildman–Crippen MR) is 81.7 cm³/mol. The van der Waals surface area contributed by atoms with Crippen LogP contribution in [-0.4, -0.2) is 30.1 Å². The summed E-state index contributed by atoms with van der Waals surface area (Å²) in [7, 11) is 0. The maximum Gasteiger partial charge on any atom is 0.123 e. The minimum atomic E-state index is -0.597. The maximum absolute atomic E-state index is 9.30. The standard InChI is InChI=1S/C17H23N3O/c18-13-17(19)8-3-5-15(17)7-9-20-10-11-21-16-6-2-1-4-14(16)12-20/h1-2,4,6,15H,3,5,7-12,19H2. The fourth-order valence-electron chi connectivity index (χ4n) is 3.56. The van der Waals surface area contributed by atoms with Crippen molar-refractivity contribution in [1.29, 1.82) is 5.26 Å². The Kier molecular flexibility index (Phi) is 4.14. The fourth-order valence-corrected chi connectivity index (χ4v) is 3.56. The van der Waals surface area contributed by atoms with E-state index in [-0.39, 0.29) is 0 Å². The van der Waals surface area contributed by atoms with Crippen LogP contribution >= 0.6 is 0 Å². The summed E-state index contributed by atoms with van der Waals surface area (Å²) in [4.78, 5) is 2.42. The van der Waals surface area contributed by atoms with Crippen LogP contribution in [0.3, 0.4) is 0 Å². The largest absolute Gasteiger partial charge is 0.492 e. The molecule has 0 saturated heterocycles. The Balaban J connectivity index is 1.60. The molecule has 2 aliphatic rings. The highest BCUT2D eigenvalue weighted by Gasteiger charge is 2.39. The topological polar surface area (TPSA) is 62.3 Å². The van der Waals surface area contributed by atoms with Gasteiger partial charge in [0.1, 0.15) is 17.9 Å². The molecule has 2 N–H and O–H groups in total. The molecule has 21 heavy (non-hydrogen) atoms. The first kappa shape index (κ1) is 14.4. The van der Waals surface area contributed by atoms with E-state index in [0.717, 1.165) is 57.7 Å². The lowest BCUT2D eigenvalue weighted by atomic mass is 9.87. The van der Waals surface area contributed by atoms with Crippen LogP contribution in [0.15, 0.2) is 24.3 Å². The van der Waals surface area contributed by atoms with Gasteiger partial charge in [-0.1, -0.05) is 24.6 Å². The van der Waals surface area contributed by atoms with E-state index in [9.17, 15) is 5.26 Å². The summed E-state index contributed by atoms with van der Waals surface area (Å²) >= 11 is 0. The van der Waals surface area contributed by atoms with Gasteiger partial charge in [-0.05, 0) is 37.8 Å². The molecular weight excluding hydrogens is 262 g/mol. The zero-order valence-electron chi connectivity index (χ0n) is 12.4. The summed E-state index contributed by atoms with van der Waals surface area (Å²) in [6.07, 6.45) is 4.03. The summed E-state index contributed by atoms with van der Waals surface area (Å²) < 4.78 is 5.79. The van der Waals surface area contributed by atoms with Crippen molar-refractivity contribution >= 4 is 0 Å². The molecule has 1 fully saturated rings. The first-order valence-electron chi connectivity index (χ1n) is 7.84. The Bertz CT molecular complexity index is 539. The predicted octanol–water partition coefficient (Wildman–Crippen LogP) is 2.29. The average Bonchev–Trinajstić information content (AvgIpc) is 2.75. The average molecular weight is 285 g/mol. The molecule has 0 bridgehead atoms. The Hall–Kier alpha value is -1.57. The van der Waals surface area contributed by atoms with Gasteiger partial charge in [-0.3, -0.25) is 4.90 Å². The zero-order valence-corrected chi connectivity index (χ0v) is 12.4. The summed E-state index contributed by atoms with van der Waals surface area (Å²) in [5.74, 6) is 1.34. The lowest BCUT2D eigenvalue weighted by Crippen LogP contribution is -2.43. The Morgan fingerprint density at radius 3 is 3.14 bits per heavy atom. The second-order valence-corrected chi connectivity index (χ2v) is 6.26. The number of hydrogen-bond acceptors (Lipinski definition) is 4. The van der Waals surface area contributed by atoms with E-state index in [1.807, 2.05) is 12.1 Å². The third-order valence-corrected chi connectivity index (χ3v) is 4.91. The molecule has 2 atom stereocenters. The van der Waals surface area contributed by atoms with Gasteiger partial charge in [-0.15, -0.1) is 0 Å². The van der Waals surface area contributed by atoms with Crippen LogP contribution in [0.25, 0.3) is 0 Å². The smallest absolute Gasteiger partial charge is 0.123 e. The summed E-state index contributed by atoms with van der Waals surface area (Å²) in [6, 6.07) is 10.6. The third-order valence-electron chi connectivity index (χ3n) is 4.91. The number of nitriles is 1. The lowest BCUT2D eigenvalue weighted by molar-refractivity contribution is 0.205. The quantitative estimate of drug-likeness (QED) is 0.925. The highest BCUT2D eigenvalue weighted by atomic mass is 16.5.